The standard InChI is InChI=1S/C12H11BrINO3/c13-9-4-3-7(14)6-8(9)11(16)15-5-1-2-10(15)12(17)18/h3-4,6,10H,1-2,5H2,(H,17,18)/t10-/m1/s1. The van der Waals surface area contributed by atoms with Crippen LogP contribution in [0.1, 0.15) is 23.2 Å². The first-order valence-electron chi connectivity index (χ1n) is 5.49. The second-order valence-electron chi connectivity index (χ2n) is 4.12. The van der Waals surface area contributed by atoms with E-state index in [1.807, 2.05) is 6.07 Å². The molecule has 0 saturated carbocycles. The molecule has 18 heavy (non-hydrogen) atoms. The van der Waals surface area contributed by atoms with E-state index in [4.69, 9.17) is 5.11 Å². The van der Waals surface area contributed by atoms with E-state index in [2.05, 4.69) is 38.5 Å². The van der Waals surface area contributed by atoms with Crippen LogP contribution in [0.5, 0.6) is 0 Å². The van der Waals surface area contributed by atoms with E-state index >= 15 is 0 Å². The molecule has 6 heteroatoms. The molecule has 0 spiro atoms. The minimum Gasteiger partial charge on any atom is -0.480 e. The van der Waals surface area contributed by atoms with Crippen molar-refractivity contribution in [2.45, 2.75) is 18.9 Å². The maximum atomic E-state index is 12.4. The Morgan fingerprint density at radius 3 is 2.83 bits per heavy atom. The number of halogens is 2. The van der Waals surface area contributed by atoms with Crippen LogP contribution in [0.4, 0.5) is 0 Å². The summed E-state index contributed by atoms with van der Waals surface area (Å²) in [6.07, 6.45) is 1.27. The summed E-state index contributed by atoms with van der Waals surface area (Å²) in [5.41, 5.74) is 0.523. The molecule has 0 bridgehead atoms. The van der Waals surface area contributed by atoms with Gasteiger partial charge in [-0.15, -0.1) is 0 Å². The topological polar surface area (TPSA) is 57.6 Å². The molecule has 1 aromatic carbocycles. The largest absolute Gasteiger partial charge is 0.480 e. The van der Waals surface area contributed by atoms with Crippen molar-refractivity contribution in [2.75, 3.05) is 6.54 Å². The second-order valence-corrected chi connectivity index (χ2v) is 6.22. The van der Waals surface area contributed by atoms with Gasteiger partial charge in [0.2, 0.25) is 0 Å². The lowest BCUT2D eigenvalue weighted by Crippen LogP contribution is -2.40. The Balaban J connectivity index is 2.31. The van der Waals surface area contributed by atoms with Gasteiger partial charge in [-0.05, 0) is 69.6 Å². The Morgan fingerprint density at radius 1 is 1.44 bits per heavy atom. The zero-order valence-electron chi connectivity index (χ0n) is 9.40. The van der Waals surface area contributed by atoms with Gasteiger partial charge in [0.25, 0.3) is 5.91 Å². The van der Waals surface area contributed by atoms with Gasteiger partial charge >= 0.3 is 5.97 Å². The molecular weight excluding hydrogens is 413 g/mol. The molecule has 96 valence electrons. The number of carbonyl (C=O) groups excluding carboxylic acids is 1. The summed E-state index contributed by atoms with van der Waals surface area (Å²) in [4.78, 5) is 24.9. The zero-order valence-corrected chi connectivity index (χ0v) is 13.1. The lowest BCUT2D eigenvalue weighted by Gasteiger charge is -2.22. The van der Waals surface area contributed by atoms with Crippen LogP contribution >= 0.6 is 38.5 Å². The minimum absolute atomic E-state index is 0.217. The molecule has 0 unspecified atom stereocenters. The lowest BCUT2D eigenvalue weighted by atomic mass is 10.1. The molecule has 0 radical (unpaired) electrons. The summed E-state index contributed by atoms with van der Waals surface area (Å²) in [5, 5.41) is 9.10. The minimum atomic E-state index is -0.928. The third kappa shape index (κ3) is 2.69. The van der Waals surface area contributed by atoms with Crippen molar-refractivity contribution >= 4 is 50.4 Å². The number of carboxylic acids is 1. The van der Waals surface area contributed by atoms with Gasteiger partial charge in [-0.1, -0.05) is 0 Å². The number of nitrogens with zero attached hydrogens (tertiary/aromatic N) is 1. The van der Waals surface area contributed by atoms with E-state index in [1.54, 1.807) is 12.1 Å². The molecule has 0 aromatic heterocycles. The monoisotopic (exact) mass is 423 g/mol. The highest BCUT2D eigenvalue weighted by Gasteiger charge is 2.34. The Bertz CT molecular complexity index is 506. The van der Waals surface area contributed by atoms with Gasteiger partial charge in [0.15, 0.2) is 0 Å². The number of carbonyl (C=O) groups is 2. The SMILES string of the molecule is O=C(O)[C@H]1CCCN1C(=O)c1cc(I)ccc1Br. The van der Waals surface area contributed by atoms with Gasteiger partial charge < -0.3 is 10.0 Å². The van der Waals surface area contributed by atoms with Crippen molar-refractivity contribution in [1.82, 2.24) is 4.90 Å². The molecule has 1 aliphatic rings. The summed E-state index contributed by atoms with van der Waals surface area (Å²) in [6.45, 7) is 0.508. The number of hydrogen-bond donors (Lipinski definition) is 1. The summed E-state index contributed by atoms with van der Waals surface area (Å²) in [6, 6.07) is 4.77. The average Bonchev–Trinajstić information content (AvgIpc) is 2.80. The third-order valence-electron chi connectivity index (χ3n) is 2.96. The second kappa shape index (κ2) is 5.56. The fourth-order valence-electron chi connectivity index (χ4n) is 2.08. The quantitative estimate of drug-likeness (QED) is 0.744. The van der Waals surface area contributed by atoms with Crippen LogP contribution in [0.3, 0.4) is 0 Å². The summed E-state index contributed by atoms with van der Waals surface area (Å²) >= 11 is 5.47. The van der Waals surface area contributed by atoms with Crippen molar-refractivity contribution in [3.63, 3.8) is 0 Å². The highest BCUT2D eigenvalue weighted by atomic mass is 127. The van der Waals surface area contributed by atoms with E-state index in [0.29, 0.717) is 23.0 Å². The third-order valence-corrected chi connectivity index (χ3v) is 4.32. The van der Waals surface area contributed by atoms with Crippen molar-refractivity contribution in [2.24, 2.45) is 0 Å². The van der Waals surface area contributed by atoms with Gasteiger partial charge in [-0.3, -0.25) is 4.79 Å². The van der Waals surface area contributed by atoms with Crippen LogP contribution in [0.25, 0.3) is 0 Å². The van der Waals surface area contributed by atoms with Gasteiger partial charge in [-0.25, -0.2) is 4.79 Å². The van der Waals surface area contributed by atoms with Crippen molar-refractivity contribution in [1.29, 1.82) is 0 Å². The first-order chi connectivity index (χ1) is 8.50. The van der Waals surface area contributed by atoms with Crippen LogP contribution in [-0.4, -0.2) is 34.5 Å². The smallest absolute Gasteiger partial charge is 0.326 e. The number of benzene rings is 1. The molecule has 1 atom stereocenters. The molecule has 2 rings (SSSR count). The fourth-order valence-corrected chi connectivity index (χ4v) is 2.99. The summed E-state index contributed by atoms with van der Waals surface area (Å²) in [5.74, 6) is -1.15. The normalized spacial score (nSPS) is 19.0. The predicted molar refractivity (Wildman–Crippen MR) is 78.6 cm³/mol. The predicted octanol–water partition coefficient (Wildman–Crippen LogP) is 2.74. The van der Waals surface area contributed by atoms with E-state index in [9.17, 15) is 9.59 Å². The number of likely N-dealkylation sites (tertiary alicyclic amines) is 1. The van der Waals surface area contributed by atoms with Crippen LogP contribution < -0.4 is 0 Å². The number of carboxylic acid groups (broad SMARTS) is 1. The van der Waals surface area contributed by atoms with Crippen LogP contribution in [0, 0.1) is 3.57 Å². The van der Waals surface area contributed by atoms with E-state index in [-0.39, 0.29) is 5.91 Å². The van der Waals surface area contributed by atoms with E-state index in [0.717, 1.165) is 9.99 Å². The van der Waals surface area contributed by atoms with Crippen molar-refractivity contribution < 1.29 is 14.7 Å². The van der Waals surface area contributed by atoms with Gasteiger partial charge in [0, 0.05) is 14.6 Å². The number of amides is 1. The maximum Gasteiger partial charge on any atom is 0.326 e. The lowest BCUT2D eigenvalue weighted by molar-refractivity contribution is -0.141. The number of hydrogen-bond acceptors (Lipinski definition) is 2. The number of rotatable bonds is 2. The molecule has 1 saturated heterocycles. The molecule has 1 fully saturated rings. The van der Waals surface area contributed by atoms with Crippen LogP contribution in [0.2, 0.25) is 0 Å². The van der Waals surface area contributed by atoms with Crippen LogP contribution in [-0.2, 0) is 4.79 Å². The summed E-state index contributed by atoms with van der Waals surface area (Å²) in [7, 11) is 0. The highest BCUT2D eigenvalue weighted by molar-refractivity contribution is 14.1. The molecule has 1 aromatic rings. The maximum absolute atomic E-state index is 12.4. The van der Waals surface area contributed by atoms with Gasteiger partial charge in [0.05, 0.1) is 5.56 Å². The fraction of sp³-hybridized carbons (Fsp3) is 0.333. The molecular formula is C12H11BrINO3. The van der Waals surface area contributed by atoms with E-state index in [1.165, 1.54) is 4.90 Å². The first kappa shape index (κ1) is 13.8. The molecule has 1 heterocycles. The summed E-state index contributed by atoms with van der Waals surface area (Å²) < 4.78 is 1.65. The molecule has 1 amide bonds. The Hall–Kier alpha value is -0.630. The molecule has 1 aliphatic heterocycles. The van der Waals surface area contributed by atoms with Crippen molar-refractivity contribution in [3.8, 4) is 0 Å². The molecule has 1 N–H and O–H groups in total. The first-order valence-corrected chi connectivity index (χ1v) is 7.36. The zero-order chi connectivity index (χ0) is 13.3. The molecule has 4 nitrogen and oxygen atoms in total. The van der Waals surface area contributed by atoms with Gasteiger partial charge in [0.1, 0.15) is 6.04 Å². The Morgan fingerprint density at radius 2 is 2.17 bits per heavy atom. The van der Waals surface area contributed by atoms with Crippen LogP contribution in [0.15, 0.2) is 22.7 Å². The highest BCUT2D eigenvalue weighted by Crippen LogP contribution is 2.25. The van der Waals surface area contributed by atoms with Gasteiger partial charge in [-0.2, -0.15) is 0 Å². The van der Waals surface area contributed by atoms with Crippen molar-refractivity contribution in [3.05, 3.63) is 31.8 Å². The Labute approximate surface area is 127 Å². The molecule has 0 aliphatic carbocycles. The number of aliphatic carboxylic acids is 1. The Kier molecular flexibility index (Phi) is 4.26. The van der Waals surface area contributed by atoms with E-state index < -0.39 is 12.0 Å². The average molecular weight is 424 g/mol.